The van der Waals surface area contributed by atoms with Crippen LogP contribution in [0.1, 0.15) is 38.4 Å². The molecule has 2 saturated heterocycles. The molecule has 0 radical (unpaired) electrons. The Balaban J connectivity index is 1.70. The zero-order valence-electron chi connectivity index (χ0n) is 13.8. The molecule has 1 N–H and O–H groups in total. The van der Waals surface area contributed by atoms with Gasteiger partial charge in [-0.2, -0.15) is 0 Å². The van der Waals surface area contributed by atoms with Gasteiger partial charge in [0.1, 0.15) is 11.9 Å². The SMILES string of the molecule is CC1(C)CCCNC1C(=O)N1CCOC(c2ccc(F)cc2)C1. The predicted molar refractivity (Wildman–Crippen MR) is 86.5 cm³/mol. The Morgan fingerprint density at radius 3 is 2.78 bits per heavy atom. The number of piperidine rings is 1. The molecule has 5 heteroatoms. The summed E-state index contributed by atoms with van der Waals surface area (Å²) in [6, 6.07) is 6.20. The molecule has 2 heterocycles. The molecule has 1 amide bonds. The number of amides is 1. The minimum absolute atomic E-state index is 0.0288. The molecule has 2 fully saturated rings. The van der Waals surface area contributed by atoms with Crippen molar-refractivity contribution in [1.29, 1.82) is 0 Å². The average molecular weight is 320 g/mol. The maximum atomic E-state index is 13.1. The summed E-state index contributed by atoms with van der Waals surface area (Å²) in [4.78, 5) is 14.8. The molecule has 0 saturated carbocycles. The second-order valence-corrected chi connectivity index (χ2v) is 7.17. The lowest BCUT2D eigenvalue weighted by Gasteiger charge is -2.42. The Morgan fingerprint density at radius 1 is 1.35 bits per heavy atom. The second-order valence-electron chi connectivity index (χ2n) is 7.17. The molecule has 0 bridgehead atoms. The first-order chi connectivity index (χ1) is 11.0. The highest BCUT2D eigenvalue weighted by Crippen LogP contribution is 2.32. The number of benzene rings is 1. The summed E-state index contributed by atoms with van der Waals surface area (Å²) in [6.45, 7) is 6.86. The van der Waals surface area contributed by atoms with Crippen molar-refractivity contribution in [2.75, 3.05) is 26.2 Å². The monoisotopic (exact) mass is 320 g/mol. The molecule has 2 aliphatic rings. The molecule has 0 spiro atoms. The molecule has 4 nitrogen and oxygen atoms in total. The van der Waals surface area contributed by atoms with E-state index in [2.05, 4.69) is 19.2 Å². The summed E-state index contributed by atoms with van der Waals surface area (Å²) in [5.41, 5.74) is 0.888. The van der Waals surface area contributed by atoms with Crippen molar-refractivity contribution >= 4 is 5.91 Å². The van der Waals surface area contributed by atoms with Crippen molar-refractivity contribution in [2.45, 2.75) is 38.8 Å². The molecule has 1 aromatic rings. The first-order valence-corrected chi connectivity index (χ1v) is 8.36. The number of carbonyl (C=O) groups excluding carboxylic acids is 1. The van der Waals surface area contributed by atoms with Crippen LogP contribution in [0.5, 0.6) is 0 Å². The lowest BCUT2D eigenvalue weighted by atomic mass is 9.77. The van der Waals surface area contributed by atoms with Crippen LogP contribution in [0.25, 0.3) is 0 Å². The first kappa shape index (κ1) is 16.4. The van der Waals surface area contributed by atoms with Crippen molar-refractivity contribution in [3.63, 3.8) is 0 Å². The maximum absolute atomic E-state index is 13.1. The second kappa shape index (κ2) is 6.57. The van der Waals surface area contributed by atoms with Gasteiger partial charge < -0.3 is 15.0 Å². The molecule has 0 aromatic heterocycles. The number of halogens is 1. The number of nitrogens with zero attached hydrogens (tertiary/aromatic N) is 1. The third-order valence-corrected chi connectivity index (χ3v) is 4.99. The van der Waals surface area contributed by atoms with Gasteiger partial charge in [-0.15, -0.1) is 0 Å². The average Bonchev–Trinajstić information content (AvgIpc) is 2.55. The fourth-order valence-electron chi connectivity index (χ4n) is 3.54. The highest BCUT2D eigenvalue weighted by molar-refractivity contribution is 5.83. The van der Waals surface area contributed by atoms with Crippen LogP contribution in [0, 0.1) is 11.2 Å². The molecule has 23 heavy (non-hydrogen) atoms. The van der Waals surface area contributed by atoms with E-state index in [-0.39, 0.29) is 29.3 Å². The Bertz CT molecular complexity index is 559. The Morgan fingerprint density at radius 2 is 2.09 bits per heavy atom. The lowest BCUT2D eigenvalue weighted by molar-refractivity contribution is -0.145. The Kier molecular flexibility index (Phi) is 4.69. The minimum atomic E-state index is -0.259. The molecule has 2 unspecified atom stereocenters. The fourth-order valence-corrected chi connectivity index (χ4v) is 3.54. The van der Waals surface area contributed by atoms with Gasteiger partial charge >= 0.3 is 0 Å². The number of carbonyl (C=O) groups is 1. The summed E-state index contributed by atoms with van der Waals surface area (Å²) in [5.74, 6) is -0.101. The number of rotatable bonds is 2. The summed E-state index contributed by atoms with van der Waals surface area (Å²) < 4.78 is 18.9. The van der Waals surface area contributed by atoms with Gasteiger partial charge in [0.25, 0.3) is 0 Å². The smallest absolute Gasteiger partial charge is 0.240 e. The number of hydrogen-bond acceptors (Lipinski definition) is 3. The maximum Gasteiger partial charge on any atom is 0.240 e. The third kappa shape index (κ3) is 3.56. The quantitative estimate of drug-likeness (QED) is 0.910. The highest BCUT2D eigenvalue weighted by Gasteiger charge is 2.40. The minimum Gasteiger partial charge on any atom is -0.370 e. The van der Waals surface area contributed by atoms with Crippen molar-refractivity contribution < 1.29 is 13.9 Å². The van der Waals surface area contributed by atoms with Crippen molar-refractivity contribution in [1.82, 2.24) is 10.2 Å². The van der Waals surface area contributed by atoms with Crippen LogP contribution in [0.4, 0.5) is 4.39 Å². The third-order valence-electron chi connectivity index (χ3n) is 4.99. The highest BCUT2D eigenvalue weighted by atomic mass is 19.1. The lowest BCUT2D eigenvalue weighted by Crippen LogP contribution is -2.58. The van der Waals surface area contributed by atoms with E-state index in [4.69, 9.17) is 4.74 Å². The normalized spacial score (nSPS) is 27.7. The zero-order valence-corrected chi connectivity index (χ0v) is 13.8. The molecule has 1 aromatic carbocycles. The summed E-state index contributed by atoms with van der Waals surface area (Å²) in [7, 11) is 0. The van der Waals surface area contributed by atoms with Crippen LogP contribution in [0.3, 0.4) is 0 Å². The van der Waals surface area contributed by atoms with Gasteiger partial charge in [0.2, 0.25) is 5.91 Å². The van der Waals surface area contributed by atoms with Crippen LogP contribution in [0.15, 0.2) is 24.3 Å². The molecule has 3 rings (SSSR count). The van der Waals surface area contributed by atoms with Gasteiger partial charge in [-0.25, -0.2) is 4.39 Å². The predicted octanol–water partition coefficient (Wildman–Crippen LogP) is 2.50. The summed E-state index contributed by atoms with van der Waals surface area (Å²) >= 11 is 0. The van der Waals surface area contributed by atoms with Crippen molar-refractivity contribution in [3.8, 4) is 0 Å². The van der Waals surface area contributed by atoms with E-state index in [0.717, 1.165) is 24.9 Å². The fraction of sp³-hybridized carbons (Fsp3) is 0.611. The van der Waals surface area contributed by atoms with Crippen LogP contribution in [-0.2, 0) is 9.53 Å². The number of morpholine rings is 1. The largest absolute Gasteiger partial charge is 0.370 e. The van der Waals surface area contributed by atoms with E-state index in [9.17, 15) is 9.18 Å². The van der Waals surface area contributed by atoms with E-state index in [1.807, 2.05) is 4.90 Å². The summed E-state index contributed by atoms with van der Waals surface area (Å²) in [6.07, 6.45) is 1.99. The Labute approximate surface area is 137 Å². The van der Waals surface area contributed by atoms with Gasteiger partial charge in [-0.05, 0) is 42.5 Å². The van der Waals surface area contributed by atoms with Crippen LogP contribution >= 0.6 is 0 Å². The van der Waals surface area contributed by atoms with Gasteiger partial charge in [-0.1, -0.05) is 26.0 Å². The molecular weight excluding hydrogens is 295 g/mol. The molecule has 2 atom stereocenters. The van der Waals surface area contributed by atoms with Gasteiger partial charge in [0, 0.05) is 6.54 Å². The molecule has 0 aliphatic carbocycles. The Hall–Kier alpha value is -1.46. The van der Waals surface area contributed by atoms with Gasteiger partial charge in [0.15, 0.2) is 0 Å². The van der Waals surface area contributed by atoms with Gasteiger partial charge in [0.05, 0.1) is 19.2 Å². The van der Waals surface area contributed by atoms with E-state index >= 15 is 0 Å². The molecular formula is C18H25FN2O2. The molecule has 126 valence electrons. The zero-order chi connectivity index (χ0) is 16.4. The van der Waals surface area contributed by atoms with Crippen LogP contribution in [0.2, 0.25) is 0 Å². The van der Waals surface area contributed by atoms with E-state index < -0.39 is 0 Å². The van der Waals surface area contributed by atoms with E-state index in [1.54, 1.807) is 12.1 Å². The van der Waals surface area contributed by atoms with Crippen molar-refractivity contribution in [3.05, 3.63) is 35.6 Å². The van der Waals surface area contributed by atoms with E-state index in [0.29, 0.717) is 19.7 Å². The standard InChI is InChI=1S/C18H25FN2O2/c1-18(2)8-3-9-20-16(18)17(22)21-10-11-23-15(12-21)13-4-6-14(19)7-5-13/h4-7,15-16,20H,3,8-12H2,1-2H3. The molecule has 2 aliphatic heterocycles. The van der Waals surface area contributed by atoms with Gasteiger partial charge in [-0.3, -0.25) is 4.79 Å². The summed E-state index contributed by atoms with van der Waals surface area (Å²) in [5, 5.41) is 3.39. The van der Waals surface area contributed by atoms with Crippen molar-refractivity contribution in [2.24, 2.45) is 5.41 Å². The number of hydrogen-bond donors (Lipinski definition) is 1. The van der Waals surface area contributed by atoms with Crippen LogP contribution in [-0.4, -0.2) is 43.1 Å². The topological polar surface area (TPSA) is 41.6 Å². The number of nitrogens with one attached hydrogen (secondary N) is 1. The number of ether oxygens (including phenoxy) is 1. The van der Waals surface area contributed by atoms with Crippen LogP contribution < -0.4 is 5.32 Å². The first-order valence-electron chi connectivity index (χ1n) is 8.36. The van der Waals surface area contributed by atoms with E-state index in [1.165, 1.54) is 12.1 Å².